The van der Waals surface area contributed by atoms with Crippen molar-refractivity contribution in [3.8, 4) is 6.07 Å². The van der Waals surface area contributed by atoms with Crippen LogP contribution in [0.5, 0.6) is 0 Å². The smallest absolute Gasteiger partial charge is 0.275 e. The van der Waals surface area contributed by atoms with E-state index < -0.39 is 12.0 Å². The van der Waals surface area contributed by atoms with Gasteiger partial charge in [0.25, 0.3) is 5.91 Å². The molecule has 4 aromatic rings. The minimum absolute atomic E-state index is 0.0769. The number of β-amino-alcohol motifs (C(OH)–C–C–N with tert-alkyl or cyclic N) is 1. The number of nitriles is 1. The van der Waals surface area contributed by atoms with Crippen molar-refractivity contribution in [2.75, 3.05) is 24.5 Å². The summed E-state index contributed by atoms with van der Waals surface area (Å²) in [6, 6.07) is 11.8. The summed E-state index contributed by atoms with van der Waals surface area (Å²) in [5, 5.41) is 29.7. The molecule has 5 heterocycles. The number of anilines is 1. The molecule has 10 nitrogen and oxygen atoms in total. The van der Waals surface area contributed by atoms with E-state index in [-0.39, 0.29) is 11.9 Å². The van der Waals surface area contributed by atoms with Crippen molar-refractivity contribution >= 4 is 28.3 Å². The number of aliphatic hydroxyl groups excluding tert-OH is 1. The van der Waals surface area contributed by atoms with Crippen LogP contribution in [0, 0.1) is 24.2 Å². The van der Waals surface area contributed by atoms with E-state index >= 15 is 0 Å². The van der Waals surface area contributed by atoms with E-state index in [9.17, 15) is 15.2 Å². The Bertz CT molecular complexity index is 1520. The number of hydrogen-bond acceptors (Lipinski definition) is 7. The molecule has 0 spiro atoms. The molecule has 1 aromatic carbocycles. The number of amides is 1. The Hall–Kier alpha value is -3.97. The number of fused-ring (bicyclic) bond motifs is 2. The molecule has 6 rings (SSSR count). The fourth-order valence-electron chi connectivity index (χ4n) is 5.58. The van der Waals surface area contributed by atoms with Crippen molar-refractivity contribution in [1.29, 1.82) is 5.26 Å². The second-order valence-electron chi connectivity index (χ2n) is 9.83. The maximum absolute atomic E-state index is 13.7. The van der Waals surface area contributed by atoms with Gasteiger partial charge in [-0.15, -0.1) is 0 Å². The fraction of sp³-hybridized carbons (Fsp3) is 0.423. The average molecular weight is 485 g/mol. The Morgan fingerprint density at radius 1 is 1.19 bits per heavy atom. The number of likely N-dealkylation sites (tertiary alicyclic amines) is 1. The van der Waals surface area contributed by atoms with Gasteiger partial charge in [0.2, 0.25) is 0 Å². The predicted octanol–water partition coefficient (Wildman–Crippen LogP) is 2.61. The van der Waals surface area contributed by atoms with E-state index in [1.807, 2.05) is 60.3 Å². The van der Waals surface area contributed by atoms with Gasteiger partial charge in [0, 0.05) is 49.9 Å². The lowest BCUT2D eigenvalue weighted by Crippen LogP contribution is -2.39. The third-order valence-corrected chi connectivity index (χ3v) is 7.44. The summed E-state index contributed by atoms with van der Waals surface area (Å²) in [4.78, 5) is 22.4. The molecule has 184 valence electrons. The van der Waals surface area contributed by atoms with E-state index in [1.54, 1.807) is 9.20 Å². The summed E-state index contributed by atoms with van der Waals surface area (Å²) in [5.74, 6) is 0.252. The molecular weight excluding hydrogens is 456 g/mol. The molecule has 10 heteroatoms. The zero-order valence-electron chi connectivity index (χ0n) is 20.4. The highest BCUT2D eigenvalue weighted by molar-refractivity contribution is 6.05. The van der Waals surface area contributed by atoms with Gasteiger partial charge in [0.05, 0.1) is 35.3 Å². The van der Waals surface area contributed by atoms with Gasteiger partial charge in [-0.05, 0) is 32.3 Å². The normalized spacial score (nSPS) is 22.4. The molecule has 2 saturated heterocycles. The molecule has 2 aliphatic rings. The Morgan fingerprint density at radius 2 is 2.03 bits per heavy atom. The number of piperidine rings is 1. The summed E-state index contributed by atoms with van der Waals surface area (Å²) in [6.07, 6.45) is 4.03. The third kappa shape index (κ3) is 3.58. The second-order valence-corrected chi connectivity index (χ2v) is 9.83. The molecule has 0 aliphatic carbocycles. The SMILES string of the molecule is Cc1cn2nc(C3CCCCN3C(=O)c3nn(C)c4ccccc34)cc2nc1N1CC(O)C(C#N)C1. The molecule has 36 heavy (non-hydrogen) atoms. The van der Waals surface area contributed by atoms with E-state index in [4.69, 9.17) is 10.1 Å². The lowest BCUT2D eigenvalue weighted by Gasteiger charge is -2.34. The van der Waals surface area contributed by atoms with Gasteiger partial charge < -0.3 is 14.9 Å². The van der Waals surface area contributed by atoms with Gasteiger partial charge in [-0.25, -0.2) is 9.50 Å². The number of carbonyl (C=O) groups is 1. The van der Waals surface area contributed by atoms with Gasteiger partial charge in [-0.1, -0.05) is 18.2 Å². The molecule has 0 bridgehead atoms. The number of aryl methyl sites for hydroxylation is 2. The number of para-hydroxylation sites is 1. The molecule has 0 saturated carbocycles. The first kappa shape index (κ1) is 22.5. The standard InChI is InChI=1S/C26H28N8O2/c1-16-13-34-23(28-25(16)32-14-17(12-27)22(35)15-32)11-19(29-34)21-9-5-6-10-33(21)26(36)24-18-7-3-4-8-20(18)31(2)30-24/h3-4,7-8,11,13,17,21-22,35H,5-6,9-10,14-15H2,1-2H3. The van der Waals surface area contributed by atoms with Crippen molar-refractivity contribution in [1.82, 2.24) is 29.3 Å². The third-order valence-electron chi connectivity index (χ3n) is 7.44. The minimum Gasteiger partial charge on any atom is -0.390 e. The molecule has 2 fully saturated rings. The van der Waals surface area contributed by atoms with Crippen LogP contribution in [0.25, 0.3) is 16.6 Å². The van der Waals surface area contributed by atoms with Crippen molar-refractivity contribution in [2.45, 2.75) is 38.3 Å². The van der Waals surface area contributed by atoms with Gasteiger partial charge in [-0.3, -0.25) is 9.48 Å². The van der Waals surface area contributed by atoms with E-state index in [0.717, 1.165) is 47.2 Å². The van der Waals surface area contributed by atoms with Crippen LogP contribution in [-0.4, -0.2) is 66.0 Å². The molecule has 2 aliphatic heterocycles. The van der Waals surface area contributed by atoms with Crippen LogP contribution in [0.3, 0.4) is 0 Å². The number of benzene rings is 1. The largest absolute Gasteiger partial charge is 0.390 e. The van der Waals surface area contributed by atoms with Crippen molar-refractivity contribution in [3.05, 3.63) is 53.5 Å². The quantitative estimate of drug-likeness (QED) is 0.475. The van der Waals surface area contributed by atoms with E-state index in [0.29, 0.717) is 31.0 Å². The van der Waals surface area contributed by atoms with E-state index in [1.165, 1.54) is 0 Å². The maximum atomic E-state index is 13.7. The Labute approximate surface area is 208 Å². The van der Waals surface area contributed by atoms with Crippen molar-refractivity contribution < 1.29 is 9.90 Å². The highest BCUT2D eigenvalue weighted by atomic mass is 16.3. The zero-order chi connectivity index (χ0) is 25.0. The predicted molar refractivity (Wildman–Crippen MR) is 133 cm³/mol. The van der Waals surface area contributed by atoms with Crippen LogP contribution >= 0.6 is 0 Å². The van der Waals surface area contributed by atoms with Crippen molar-refractivity contribution in [2.24, 2.45) is 13.0 Å². The first-order chi connectivity index (χ1) is 17.4. The molecular formula is C26H28N8O2. The number of aliphatic hydroxyl groups is 1. The highest BCUT2D eigenvalue weighted by Crippen LogP contribution is 2.34. The molecule has 3 atom stereocenters. The van der Waals surface area contributed by atoms with Gasteiger partial charge in [0.15, 0.2) is 11.3 Å². The number of nitrogens with zero attached hydrogens (tertiary/aromatic N) is 8. The Kier molecular flexibility index (Phi) is 5.38. The summed E-state index contributed by atoms with van der Waals surface area (Å²) >= 11 is 0. The Balaban J connectivity index is 1.34. The lowest BCUT2D eigenvalue weighted by molar-refractivity contribution is 0.0600. The highest BCUT2D eigenvalue weighted by Gasteiger charge is 2.35. The summed E-state index contributed by atoms with van der Waals surface area (Å²) < 4.78 is 3.52. The molecule has 1 amide bonds. The van der Waals surface area contributed by atoms with Crippen LogP contribution < -0.4 is 4.90 Å². The summed E-state index contributed by atoms with van der Waals surface area (Å²) in [5.41, 5.74) is 3.81. The van der Waals surface area contributed by atoms with Gasteiger partial charge >= 0.3 is 0 Å². The minimum atomic E-state index is -0.683. The molecule has 3 unspecified atom stereocenters. The van der Waals surface area contributed by atoms with Crippen LogP contribution in [0.4, 0.5) is 5.82 Å². The zero-order valence-corrected chi connectivity index (χ0v) is 20.4. The van der Waals surface area contributed by atoms with E-state index in [2.05, 4.69) is 11.2 Å². The second kappa shape index (κ2) is 8.60. The number of hydrogen-bond donors (Lipinski definition) is 1. The van der Waals surface area contributed by atoms with Crippen LogP contribution in [-0.2, 0) is 7.05 Å². The first-order valence-electron chi connectivity index (χ1n) is 12.4. The topological polar surface area (TPSA) is 116 Å². The lowest BCUT2D eigenvalue weighted by atomic mass is 9.98. The molecule has 1 N–H and O–H groups in total. The summed E-state index contributed by atoms with van der Waals surface area (Å²) in [7, 11) is 1.86. The van der Waals surface area contributed by atoms with Crippen molar-refractivity contribution in [3.63, 3.8) is 0 Å². The van der Waals surface area contributed by atoms with Crippen LogP contribution in [0.1, 0.15) is 47.1 Å². The van der Waals surface area contributed by atoms with Crippen LogP contribution in [0.15, 0.2) is 36.5 Å². The monoisotopic (exact) mass is 484 g/mol. The fourth-order valence-corrected chi connectivity index (χ4v) is 5.58. The van der Waals surface area contributed by atoms with Gasteiger partial charge in [-0.2, -0.15) is 15.5 Å². The van der Waals surface area contributed by atoms with Crippen LogP contribution in [0.2, 0.25) is 0 Å². The average Bonchev–Trinajstić information content (AvgIpc) is 3.57. The molecule has 3 aromatic heterocycles. The summed E-state index contributed by atoms with van der Waals surface area (Å²) in [6.45, 7) is 3.44. The van der Waals surface area contributed by atoms with Gasteiger partial charge in [0.1, 0.15) is 5.82 Å². The Morgan fingerprint density at radius 3 is 2.83 bits per heavy atom. The number of rotatable bonds is 3. The number of carbonyl (C=O) groups excluding carboxylic acids is 1. The first-order valence-corrected chi connectivity index (χ1v) is 12.4. The molecule has 0 radical (unpaired) electrons. The maximum Gasteiger partial charge on any atom is 0.275 e. The number of aromatic nitrogens is 5.